The predicted octanol–water partition coefficient (Wildman–Crippen LogP) is 3.42. The molecule has 3 rings (SSSR count). The Morgan fingerprint density at radius 2 is 1.92 bits per heavy atom. The van der Waals surface area contributed by atoms with Gasteiger partial charge in [-0.3, -0.25) is 0 Å². The number of amidine groups is 1. The molecule has 0 aliphatic carbocycles. The standard InChI is InChI=1S/C20H24N4O/c21-20(23-25-15-7-10-17-8-3-1-4-9-17)18-11-12-19(22-16-18)24-13-5-2-6-14-24/h1,3-4,7-12,16H,2,5-6,13-15H2,(H2,21,23). The molecule has 1 saturated heterocycles. The molecule has 2 N–H and O–H groups in total. The van der Waals surface area contributed by atoms with Gasteiger partial charge in [0.2, 0.25) is 0 Å². The van der Waals surface area contributed by atoms with E-state index in [-0.39, 0.29) is 0 Å². The van der Waals surface area contributed by atoms with Crippen LogP contribution in [0, 0.1) is 0 Å². The van der Waals surface area contributed by atoms with Crippen LogP contribution >= 0.6 is 0 Å². The Balaban J connectivity index is 1.50. The van der Waals surface area contributed by atoms with Crippen molar-refractivity contribution in [2.45, 2.75) is 19.3 Å². The molecule has 0 saturated carbocycles. The van der Waals surface area contributed by atoms with Gasteiger partial charge in [0.1, 0.15) is 12.4 Å². The van der Waals surface area contributed by atoms with Crippen molar-refractivity contribution < 1.29 is 4.84 Å². The van der Waals surface area contributed by atoms with Crippen LogP contribution in [0.1, 0.15) is 30.4 Å². The van der Waals surface area contributed by atoms with Gasteiger partial charge in [0.25, 0.3) is 0 Å². The Kier molecular flexibility index (Phi) is 6.04. The normalized spacial score (nSPS) is 15.5. The topological polar surface area (TPSA) is 63.7 Å². The molecule has 1 aliphatic heterocycles. The summed E-state index contributed by atoms with van der Waals surface area (Å²) in [5.74, 6) is 1.34. The highest BCUT2D eigenvalue weighted by molar-refractivity contribution is 5.96. The molecule has 0 bridgehead atoms. The molecule has 0 spiro atoms. The highest BCUT2D eigenvalue weighted by atomic mass is 16.6. The third kappa shape index (κ3) is 5.08. The molecule has 2 heterocycles. The molecule has 0 unspecified atom stereocenters. The lowest BCUT2D eigenvalue weighted by molar-refractivity contribution is 0.175. The van der Waals surface area contributed by atoms with Crippen molar-refractivity contribution in [1.82, 2.24) is 4.98 Å². The average Bonchev–Trinajstić information content (AvgIpc) is 2.69. The number of aromatic nitrogens is 1. The number of rotatable bonds is 6. The van der Waals surface area contributed by atoms with Crippen molar-refractivity contribution in [3.05, 3.63) is 65.9 Å². The van der Waals surface area contributed by atoms with Crippen molar-refractivity contribution in [2.24, 2.45) is 10.9 Å². The smallest absolute Gasteiger partial charge is 0.171 e. The van der Waals surface area contributed by atoms with Crippen LogP contribution in [-0.4, -0.2) is 30.5 Å². The molecule has 0 atom stereocenters. The highest BCUT2D eigenvalue weighted by Crippen LogP contribution is 2.17. The lowest BCUT2D eigenvalue weighted by Gasteiger charge is -2.27. The minimum atomic E-state index is 0.339. The van der Waals surface area contributed by atoms with Gasteiger partial charge >= 0.3 is 0 Å². The van der Waals surface area contributed by atoms with Crippen LogP contribution < -0.4 is 10.6 Å². The van der Waals surface area contributed by atoms with Crippen LogP contribution in [0.5, 0.6) is 0 Å². The summed E-state index contributed by atoms with van der Waals surface area (Å²) in [7, 11) is 0. The van der Waals surface area contributed by atoms with E-state index in [1.54, 1.807) is 6.20 Å². The maximum atomic E-state index is 5.96. The first-order chi connectivity index (χ1) is 12.3. The Labute approximate surface area is 148 Å². The van der Waals surface area contributed by atoms with E-state index in [4.69, 9.17) is 10.6 Å². The van der Waals surface area contributed by atoms with Crippen LogP contribution in [-0.2, 0) is 4.84 Å². The van der Waals surface area contributed by atoms with Gasteiger partial charge in [-0.2, -0.15) is 0 Å². The quantitative estimate of drug-likeness (QED) is 0.380. The first-order valence-corrected chi connectivity index (χ1v) is 8.71. The van der Waals surface area contributed by atoms with Gasteiger partial charge in [-0.05, 0) is 43.0 Å². The van der Waals surface area contributed by atoms with E-state index in [2.05, 4.69) is 15.0 Å². The SMILES string of the molecule is NC(=NOCC=Cc1ccccc1)c1ccc(N2CCCCC2)nc1. The number of hydrogen-bond acceptors (Lipinski definition) is 4. The number of anilines is 1. The van der Waals surface area contributed by atoms with E-state index >= 15 is 0 Å². The maximum absolute atomic E-state index is 5.96. The summed E-state index contributed by atoms with van der Waals surface area (Å²) in [4.78, 5) is 12.1. The minimum absolute atomic E-state index is 0.339. The van der Waals surface area contributed by atoms with Crippen LogP contribution in [0.2, 0.25) is 0 Å². The molecule has 5 nitrogen and oxygen atoms in total. The van der Waals surface area contributed by atoms with Crippen LogP contribution in [0.15, 0.2) is 59.9 Å². The predicted molar refractivity (Wildman–Crippen MR) is 102 cm³/mol. The number of hydrogen-bond donors (Lipinski definition) is 1. The second-order valence-electron chi connectivity index (χ2n) is 6.04. The number of benzene rings is 1. The average molecular weight is 336 g/mol. The minimum Gasteiger partial charge on any atom is -0.390 e. The highest BCUT2D eigenvalue weighted by Gasteiger charge is 2.12. The molecule has 130 valence electrons. The van der Waals surface area contributed by atoms with E-state index in [0.717, 1.165) is 30.0 Å². The van der Waals surface area contributed by atoms with E-state index in [9.17, 15) is 0 Å². The van der Waals surface area contributed by atoms with Crippen molar-refractivity contribution >= 4 is 17.7 Å². The Morgan fingerprint density at radius 1 is 1.12 bits per heavy atom. The molecule has 2 aromatic rings. The van der Waals surface area contributed by atoms with Crippen molar-refractivity contribution in [1.29, 1.82) is 0 Å². The van der Waals surface area contributed by atoms with Gasteiger partial charge in [0, 0.05) is 24.8 Å². The van der Waals surface area contributed by atoms with Gasteiger partial charge < -0.3 is 15.5 Å². The number of nitrogens with two attached hydrogens (primary N) is 1. The fourth-order valence-electron chi connectivity index (χ4n) is 2.80. The van der Waals surface area contributed by atoms with Gasteiger partial charge in [-0.15, -0.1) is 0 Å². The Morgan fingerprint density at radius 3 is 2.64 bits per heavy atom. The van der Waals surface area contributed by atoms with Gasteiger partial charge in [0.05, 0.1) is 0 Å². The summed E-state index contributed by atoms with van der Waals surface area (Å²) in [6.07, 6.45) is 9.43. The number of nitrogens with zero attached hydrogens (tertiary/aromatic N) is 3. The fraction of sp³-hybridized carbons (Fsp3) is 0.300. The number of piperidine rings is 1. The molecule has 1 aliphatic rings. The van der Waals surface area contributed by atoms with E-state index in [0.29, 0.717) is 12.4 Å². The largest absolute Gasteiger partial charge is 0.390 e. The van der Waals surface area contributed by atoms with E-state index < -0.39 is 0 Å². The molecule has 5 heteroatoms. The van der Waals surface area contributed by atoms with Crippen LogP contribution in [0.3, 0.4) is 0 Å². The third-order valence-electron chi connectivity index (χ3n) is 4.17. The van der Waals surface area contributed by atoms with Gasteiger partial charge in [0.15, 0.2) is 5.84 Å². The summed E-state index contributed by atoms with van der Waals surface area (Å²) in [5, 5.41) is 3.96. The molecule has 0 amide bonds. The van der Waals surface area contributed by atoms with Crippen LogP contribution in [0.4, 0.5) is 5.82 Å². The zero-order valence-electron chi connectivity index (χ0n) is 14.3. The molecule has 1 aromatic heterocycles. The Bertz CT molecular complexity index is 704. The zero-order valence-corrected chi connectivity index (χ0v) is 14.3. The van der Waals surface area contributed by atoms with Gasteiger partial charge in [-0.1, -0.05) is 41.6 Å². The zero-order chi connectivity index (χ0) is 17.3. The molecule has 25 heavy (non-hydrogen) atoms. The molecule has 1 fully saturated rings. The van der Waals surface area contributed by atoms with E-state index in [1.165, 1.54) is 19.3 Å². The first-order valence-electron chi connectivity index (χ1n) is 8.71. The summed E-state index contributed by atoms with van der Waals surface area (Å²) >= 11 is 0. The van der Waals surface area contributed by atoms with Crippen molar-refractivity contribution in [3.63, 3.8) is 0 Å². The summed E-state index contributed by atoms with van der Waals surface area (Å²) < 4.78 is 0. The van der Waals surface area contributed by atoms with Gasteiger partial charge in [-0.25, -0.2) is 4.98 Å². The lowest BCUT2D eigenvalue weighted by atomic mass is 10.1. The second-order valence-corrected chi connectivity index (χ2v) is 6.04. The third-order valence-corrected chi connectivity index (χ3v) is 4.17. The van der Waals surface area contributed by atoms with Crippen molar-refractivity contribution in [2.75, 3.05) is 24.6 Å². The lowest BCUT2D eigenvalue weighted by Crippen LogP contribution is -2.30. The summed E-state index contributed by atoms with van der Waals surface area (Å²) in [6.45, 7) is 2.52. The summed E-state index contributed by atoms with van der Waals surface area (Å²) in [5.41, 5.74) is 7.86. The van der Waals surface area contributed by atoms with Crippen LogP contribution in [0.25, 0.3) is 6.08 Å². The number of oxime groups is 1. The fourth-order valence-corrected chi connectivity index (χ4v) is 2.80. The maximum Gasteiger partial charge on any atom is 0.171 e. The monoisotopic (exact) mass is 336 g/mol. The molecular weight excluding hydrogens is 312 g/mol. The number of pyridine rings is 1. The Hall–Kier alpha value is -2.82. The van der Waals surface area contributed by atoms with Crippen molar-refractivity contribution in [3.8, 4) is 0 Å². The first kappa shape index (κ1) is 17.0. The second kappa shape index (κ2) is 8.87. The molecule has 0 radical (unpaired) electrons. The van der Waals surface area contributed by atoms with E-state index in [1.807, 2.05) is 54.6 Å². The molecule has 1 aromatic carbocycles. The molecular formula is C20H24N4O. The summed E-state index contributed by atoms with van der Waals surface area (Å²) in [6, 6.07) is 14.0.